The molecule has 0 fully saturated rings. The van der Waals surface area contributed by atoms with Crippen LogP contribution in [0.1, 0.15) is 12.5 Å². The van der Waals surface area contributed by atoms with Gasteiger partial charge in [0, 0.05) is 24.2 Å². The van der Waals surface area contributed by atoms with E-state index in [2.05, 4.69) is 26.5 Å². The first-order valence-electron chi connectivity index (χ1n) is 6.46. The van der Waals surface area contributed by atoms with E-state index < -0.39 is 0 Å². The minimum Gasteiger partial charge on any atom is -0.396 e. The summed E-state index contributed by atoms with van der Waals surface area (Å²) in [5.74, 6) is 0.618. The molecule has 21 heavy (non-hydrogen) atoms. The highest BCUT2D eigenvalue weighted by molar-refractivity contribution is 5.78. The van der Waals surface area contributed by atoms with Crippen LogP contribution in [0.5, 0.6) is 0 Å². The molecular formula is C14H13N7. The van der Waals surface area contributed by atoms with E-state index in [9.17, 15) is 0 Å². The smallest absolute Gasteiger partial charge is 0.164 e. The zero-order valence-corrected chi connectivity index (χ0v) is 11.4. The molecule has 104 valence electrons. The van der Waals surface area contributed by atoms with E-state index in [0.717, 1.165) is 17.6 Å². The molecule has 0 aliphatic carbocycles. The Labute approximate surface area is 121 Å². The lowest BCUT2D eigenvalue weighted by Crippen LogP contribution is -2.06. The van der Waals surface area contributed by atoms with Crippen LogP contribution in [0.2, 0.25) is 0 Å². The SMILES string of the molecule is CCNc1cc(-n2ncc3cc(C#N)cnc32)ncc1N. The topological polar surface area (TPSA) is 105 Å². The van der Waals surface area contributed by atoms with Gasteiger partial charge in [-0.2, -0.15) is 15.0 Å². The molecule has 0 saturated heterocycles. The summed E-state index contributed by atoms with van der Waals surface area (Å²) in [6.07, 6.45) is 4.77. The molecule has 0 unspecified atom stereocenters. The minimum atomic E-state index is 0.501. The molecule has 0 aromatic carbocycles. The van der Waals surface area contributed by atoms with Crippen molar-refractivity contribution in [2.24, 2.45) is 0 Å². The molecule has 0 aliphatic heterocycles. The molecule has 3 aromatic rings. The molecule has 7 nitrogen and oxygen atoms in total. The highest BCUT2D eigenvalue weighted by atomic mass is 15.3. The Morgan fingerprint density at radius 2 is 2.14 bits per heavy atom. The molecule has 0 amide bonds. The average molecular weight is 279 g/mol. The molecular weight excluding hydrogens is 266 g/mol. The third-order valence-electron chi connectivity index (χ3n) is 3.04. The average Bonchev–Trinajstić information content (AvgIpc) is 2.92. The number of fused-ring (bicyclic) bond motifs is 1. The summed E-state index contributed by atoms with van der Waals surface area (Å²) in [4.78, 5) is 8.56. The lowest BCUT2D eigenvalue weighted by atomic mass is 10.2. The minimum absolute atomic E-state index is 0.501. The van der Waals surface area contributed by atoms with Gasteiger partial charge in [0.25, 0.3) is 0 Å². The van der Waals surface area contributed by atoms with Crippen molar-refractivity contribution in [1.82, 2.24) is 19.7 Å². The molecule has 0 saturated carbocycles. The van der Waals surface area contributed by atoms with E-state index in [1.54, 1.807) is 23.1 Å². The highest BCUT2D eigenvalue weighted by Gasteiger charge is 2.10. The molecule has 0 radical (unpaired) electrons. The quantitative estimate of drug-likeness (QED) is 0.756. The maximum Gasteiger partial charge on any atom is 0.164 e. The summed E-state index contributed by atoms with van der Waals surface area (Å²) in [6, 6.07) is 5.63. The van der Waals surface area contributed by atoms with Crippen LogP contribution in [-0.2, 0) is 0 Å². The van der Waals surface area contributed by atoms with Gasteiger partial charge in [-0.25, -0.2) is 9.97 Å². The zero-order valence-electron chi connectivity index (χ0n) is 11.4. The molecule has 3 heterocycles. The fourth-order valence-corrected chi connectivity index (χ4v) is 2.06. The van der Waals surface area contributed by atoms with Gasteiger partial charge in [0.05, 0.1) is 29.3 Å². The zero-order chi connectivity index (χ0) is 14.8. The Kier molecular flexibility index (Phi) is 3.12. The number of nitriles is 1. The van der Waals surface area contributed by atoms with Gasteiger partial charge in [-0.05, 0) is 13.0 Å². The number of pyridine rings is 2. The molecule has 0 spiro atoms. The third kappa shape index (κ3) is 2.23. The Hall–Kier alpha value is -3.14. The number of rotatable bonds is 3. The van der Waals surface area contributed by atoms with Crippen molar-refractivity contribution in [3.8, 4) is 11.9 Å². The van der Waals surface area contributed by atoms with Gasteiger partial charge in [-0.3, -0.25) is 0 Å². The van der Waals surface area contributed by atoms with Crippen LogP contribution in [0, 0.1) is 11.3 Å². The van der Waals surface area contributed by atoms with Gasteiger partial charge in [0.2, 0.25) is 0 Å². The number of anilines is 2. The Morgan fingerprint density at radius 1 is 1.29 bits per heavy atom. The third-order valence-corrected chi connectivity index (χ3v) is 3.04. The van der Waals surface area contributed by atoms with Crippen molar-refractivity contribution in [2.45, 2.75) is 6.92 Å². The van der Waals surface area contributed by atoms with Crippen LogP contribution in [0.15, 0.2) is 30.7 Å². The summed E-state index contributed by atoms with van der Waals surface area (Å²) in [5.41, 5.74) is 8.41. The molecule has 0 aliphatic rings. The first kappa shape index (κ1) is 12.9. The van der Waals surface area contributed by atoms with E-state index in [4.69, 9.17) is 11.0 Å². The Morgan fingerprint density at radius 3 is 2.90 bits per heavy atom. The number of nitrogen functional groups attached to an aromatic ring is 1. The second kappa shape index (κ2) is 5.09. The van der Waals surface area contributed by atoms with Crippen molar-refractivity contribution >= 4 is 22.4 Å². The Balaban J connectivity index is 2.12. The molecule has 3 N–H and O–H groups in total. The molecule has 3 rings (SSSR count). The number of nitrogens with two attached hydrogens (primary N) is 1. The lowest BCUT2D eigenvalue weighted by molar-refractivity contribution is 0.863. The van der Waals surface area contributed by atoms with Crippen molar-refractivity contribution < 1.29 is 0 Å². The first-order valence-corrected chi connectivity index (χ1v) is 6.46. The van der Waals surface area contributed by atoms with Gasteiger partial charge < -0.3 is 11.1 Å². The Bertz CT molecular complexity index is 844. The van der Waals surface area contributed by atoms with E-state index >= 15 is 0 Å². The van der Waals surface area contributed by atoms with Crippen LogP contribution in [0.25, 0.3) is 16.9 Å². The van der Waals surface area contributed by atoms with Gasteiger partial charge in [-0.1, -0.05) is 0 Å². The fraction of sp³-hybridized carbons (Fsp3) is 0.143. The lowest BCUT2D eigenvalue weighted by Gasteiger charge is -2.09. The van der Waals surface area contributed by atoms with Crippen LogP contribution >= 0.6 is 0 Å². The van der Waals surface area contributed by atoms with E-state index in [1.807, 2.05) is 13.0 Å². The number of hydrogen-bond acceptors (Lipinski definition) is 6. The normalized spacial score (nSPS) is 10.5. The number of aromatic nitrogens is 4. The first-order chi connectivity index (χ1) is 10.2. The van der Waals surface area contributed by atoms with E-state index in [0.29, 0.717) is 22.7 Å². The standard InChI is InChI=1S/C14H13N7/c1-2-17-12-4-13(18-8-11(12)16)21-14-10(7-20-21)3-9(5-15)6-19-14/h3-4,6-8H,2,16H2,1H3,(H,17,18). The van der Waals surface area contributed by atoms with Crippen LogP contribution < -0.4 is 11.1 Å². The highest BCUT2D eigenvalue weighted by Crippen LogP contribution is 2.22. The van der Waals surface area contributed by atoms with Crippen LogP contribution in [-0.4, -0.2) is 26.3 Å². The summed E-state index contributed by atoms with van der Waals surface area (Å²) in [5, 5.41) is 17.1. The van der Waals surface area contributed by atoms with Crippen LogP contribution in [0.3, 0.4) is 0 Å². The second-order valence-corrected chi connectivity index (χ2v) is 4.47. The predicted octanol–water partition coefficient (Wildman–Crippen LogP) is 1.70. The summed E-state index contributed by atoms with van der Waals surface area (Å²) < 4.78 is 1.62. The van der Waals surface area contributed by atoms with Crippen molar-refractivity contribution in [3.05, 3.63) is 36.3 Å². The summed E-state index contributed by atoms with van der Waals surface area (Å²) >= 11 is 0. The van der Waals surface area contributed by atoms with Crippen molar-refractivity contribution in [2.75, 3.05) is 17.6 Å². The van der Waals surface area contributed by atoms with Gasteiger partial charge in [-0.15, -0.1) is 0 Å². The second-order valence-electron chi connectivity index (χ2n) is 4.47. The van der Waals surface area contributed by atoms with Crippen LogP contribution in [0.4, 0.5) is 11.4 Å². The van der Waals surface area contributed by atoms with Gasteiger partial charge in [0.15, 0.2) is 11.5 Å². The number of hydrogen-bond donors (Lipinski definition) is 2. The fourth-order valence-electron chi connectivity index (χ4n) is 2.06. The largest absolute Gasteiger partial charge is 0.396 e. The number of nitrogens with one attached hydrogen (secondary N) is 1. The summed E-state index contributed by atoms with van der Waals surface area (Å²) in [6.45, 7) is 2.76. The maximum atomic E-state index is 8.90. The molecule has 0 atom stereocenters. The molecule has 3 aromatic heterocycles. The predicted molar refractivity (Wildman–Crippen MR) is 80.0 cm³/mol. The van der Waals surface area contributed by atoms with E-state index in [-0.39, 0.29) is 0 Å². The monoisotopic (exact) mass is 279 g/mol. The summed E-state index contributed by atoms with van der Waals surface area (Å²) in [7, 11) is 0. The van der Waals surface area contributed by atoms with Gasteiger partial charge >= 0.3 is 0 Å². The maximum absolute atomic E-state index is 8.90. The van der Waals surface area contributed by atoms with Gasteiger partial charge in [0.1, 0.15) is 6.07 Å². The van der Waals surface area contributed by atoms with Crippen molar-refractivity contribution in [1.29, 1.82) is 5.26 Å². The van der Waals surface area contributed by atoms with Crippen molar-refractivity contribution in [3.63, 3.8) is 0 Å². The number of nitrogens with zero attached hydrogens (tertiary/aromatic N) is 5. The van der Waals surface area contributed by atoms with E-state index in [1.165, 1.54) is 6.20 Å². The molecule has 0 bridgehead atoms. The molecule has 7 heteroatoms.